The van der Waals surface area contributed by atoms with E-state index in [2.05, 4.69) is 5.32 Å². The highest BCUT2D eigenvalue weighted by molar-refractivity contribution is 7.98. The molecule has 0 saturated carbocycles. The first-order chi connectivity index (χ1) is 9.65. The maximum absolute atomic E-state index is 13.7. The number of rotatable bonds is 2. The van der Waals surface area contributed by atoms with E-state index in [0.717, 1.165) is 23.1 Å². The van der Waals surface area contributed by atoms with Crippen LogP contribution in [0.5, 0.6) is 0 Å². The van der Waals surface area contributed by atoms with Crippen LogP contribution in [-0.2, 0) is 5.75 Å². The van der Waals surface area contributed by atoms with Crippen molar-refractivity contribution < 1.29 is 13.2 Å². The molecule has 0 radical (unpaired) electrons. The second-order valence-electron chi connectivity index (χ2n) is 4.66. The van der Waals surface area contributed by atoms with Gasteiger partial charge >= 0.3 is 0 Å². The van der Waals surface area contributed by atoms with Gasteiger partial charge in [-0.15, -0.1) is 0 Å². The van der Waals surface area contributed by atoms with Gasteiger partial charge in [0.15, 0.2) is 11.6 Å². The van der Waals surface area contributed by atoms with Crippen LogP contribution < -0.4 is 5.32 Å². The Morgan fingerprint density at radius 1 is 1.00 bits per heavy atom. The Morgan fingerprint density at radius 3 is 2.60 bits per heavy atom. The van der Waals surface area contributed by atoms with Gasteiger partial charge in [-0.05, 0) is 11.1 Å². The van der Waals surface area contributed by atoms with Gasteiger partial charge in [-0.25, -0.2) is 13.2 Å². The van der Waals surface area contributed by atoms with E-state index in [1.165, 1.54) is 5.56 Å². The number of hydrogen-bond acceptors (Lipinski definition) is 2. The predicted octanol–water partition coefficient (Wildman–Crippen LogP) is 4.50. The summed E-state index contributed by atoms with van der Waals surface area (Å²) in [6.07, 6.45) is 0. The first-order valence-electron chi connectivity index (χ1n) is 6.22. The maximum Gasteiger partial charge on any atom is 0.161 e. The lowest BCUT2D eigenvalue weighted by Crippen LogP contribution is -2.19. The Morgan fingerprint density at radius 2 is 1.75 bits per heavy atom. The molecule has 1 unspecified atom stereocenters. The highest BCUT2D eigenvalue weighted by Crippen LogP contribution is 2.34. The standard InChI is InChI=1S/C15H12F3NS/c16-11-5-13(18)14(6-12(11)17)19-15-8-20-7-9-3-1-2-4-10(9)15/h1-6,15,19H,7-8H2. The topological polar surface area (TPSA) is 12.0 Å². The van der Waals surface area contributed by atoms with E-state index in [9.17, 15) is 13.2 Å². The number of nitrogens with one attached hydrogen (secondary N) is 1. The van der Waals surface area contributed by atoms with Crippen molar-refractivity contribution in [1.82, 2.24) is 0 Å². The minimum Gasteiger partial charge on any atom is -0.375 e. The van der Waals surface area contributed by atoms with E-state index in [1.807, 2.05) is 24.3 Å². The fourth-order valence-electron chi connectivity index (χ4n) is 2.32. The molecule has 1 aliphatic rings. The molecule has 20 heavy (non-hydrogen) atoms. The number of thioether (sulfide) groups is 1. The van der Waals surface area contributed by atoms with E-state index in [-0.39, 0.29) is 11.7 Å². The van der Waals surface area contributed by atoms with Gasteiger partial charge in [0.1, 0.15) is 5.82 Å². The molecule has 2 aromatic carbocycles. The van der Waals surface area contributed by atoms with Crippen molar-refractivity contribution in [3.63, 3.8) is 0 Å². The van der Waals surface area contributed by atoms with Crippen LogP contribution in [-0.4, -0.2) is 5.75 Å². The molecule has 0 bridgehead atoms. The Labute approximate surface area is 119 Å². The number of halogens is 3. The lowest BCUT2D eigenvalue weighted by Gasteiger charge is -2.27. The summed E-state index contributed by atoms with van der Waals surface area (Å²) < 4.78 is 39.8. The predicted molar refractivity (Wildman–Crippen MR) is 75.3 cm³/mol. The number of anilines is 1. The zero-order valence-corrected chi connectivity index (χ0v) is 11.3. The van der Waals surface area contributed by atoms with Crippen LogP contribution in [0.1, 0.15) is 17.2 Å². The van der Waals surface area contributed by atoms with Crippen molar-refractivity contribution in [2.45, 2.75) is 11.8 Å². The Hall–Kier alpha value is -1.62. The van der Waals surface area contributed by atoms with Crippen LogP contribution in [0.2, 0.25) is 0 Å². The summed E-state index contributed by atoms with van der Waals surface area (Å²) in [5, 5.41) is 2.97. The molecule has 1 N–H and O–H groups in total. The molecule has 0 saturated heterocycles. The van der Waals surface area contributed by atoms with E-state index in [1.54, 1.807) is 11.8 Å². The normalized spacial score (nSPS) is 17.6. The second kappa shape index (κ2) is 5.40. The second-order valence-corrected chi connectivity index (χ2v) is 5.69. The third kappa shape index (κ3) is 2.50. The Bertz CT molecular complexity index is 645. The molecule has 104 valence electrons. The molecule has 5 heteroatoms. The summed E-state index contributed by atoms with van der Waals surface area (Å²) in [7, 11) is 0. The molecule has 0 aromatic heterocycles. The maximum atomic E-state index is 13.7. The quantitative estimate of drug-likeness (QED) is 0.818. The average Bonchev–Trinajstić information content (AvgIpc) is 2.45. The molecule has 0 amide bonds. The fraction of sp³-hybridized carbons (Fsp3) is 0.200. The van der Waals surface area contributed by atoms with E-state index >= 15 is 0 Å². The third-order valence-corrected chi connectivity index (χ3v) is 4.40. The van der Waals surface area contributed by atoms with Crippen LogP contribution in [0.15, 0.2) is 36.4 Å². The third-order valence-electron chi connectivity index (χ3n) is 3.31. The van der Waals surface area contributed by atoms with Gasteiger partial charge in [0.25, 0.3) is 0 Å². The zero-order valence-electron chi connectivity index (χ0n) is 10.5. The fourth-order valence-corrected chi connectivity index (χ4v) is 3.42. The molecule has 1 atom stereocenters. The molecule has 0 spiro atoms. The zero-order chi connectivity index (χ0) is 14.1. The monoisotopic (exact) mass is 295 g/mol. The SMILES string of the molecule is Fc1cc(F)c(NC2CSCc3ccccc32)cc1F. The van der Waals surface area contributed by atoms with E-state index < -0.39 is 17.5 Å². The highest BCUT2D eigenvalue weighted by Gasteiger charge is 2.21. The first-order valence-corrected chi connectivity index (χ1v) is 7.37. The van der Waals surface area contributed by atoms with Crippen LogP contribution in [0.3, 0.4) is 0 Å². The van der Waals surface area contributed by atoms with Gasteiger partial charge in [-0.3, -0.25) is 0 Å². The van der Waals surface area contributed by atoms with Crippen molar-refractivity contribution in [2.24, 2.45) is 0 Å². The summed E-state index contributed by atoms with van der Waals surface area (Å²) >= 11 is 1.73. The summed E-state index contributed by atoms with van der Waals surface area (Å²) in [4.78, 5) is 0. The smallest absolute Gasteiger partial charge is 0.161 e. The van der Waals surface area contributed by atoms with Crippen molar-refractivity contribution in [3.05, 3.63) is 65.0 Å². The largest absolute Gasteiger partial charge is 0.375 e. The number of fused-ring (bicyclic) bond motifs is 1. The van der Waals surface area contributed by atoms with Gasteiger partial charge in [-0.1, -0.05) is 24.3 Å². The molecule has 0 fully saturated rings. The highest BCUT2D eigenvalue weighted by atomic mass is 32.2. The van der Waals surface area contributed by atoms with Gasteiger partial charge in [0.2, 0.25) is 0 Å². The number of hydrogen-bond donors (Lipinski definition) is 1. The van der Waals surface area contributed by atoms with Crippen molar-refractivity contribution in [1.29, 1.82) is 0 Å². The lowest BCUT2D eigenvalue weighted by molar-refractivity contribution is 0.495. The Balaban J connectivity index is 1.91. The average molecular weight is 295 g/mol. The van der Waals surface area contributed by atoms with Crippen molar-refractivity contribution in [3.8, 4) is 0 Å². The van der Waals surface area contributed by atoms with E-state index in [0.29, 0.717) is 6.07 Å². The molecule has 1 aliphatic heterocycles. The van der Waals surface area contributed by atoms with Crippen molar-refractivity contribution >= 4 is 17.4 Å². The summed E-state index contributed by atoms with van der Waals surface area (Å²) in [6, 6.07) is 9.21. The van der Waals surface area contributed by atoms with Crippen LogP contribution >= 0.6 is 11.8 Å². The molecule has 3 rings (SSSR count). The summed E-state index contributed by atoms with van der Waals surface area (Å²) in [6.45, 7) is 0. The van der Waals surface area contributed by atoms with Gasteiger partial charge in [0.05, 0.1) is 11.7 Å². The minimum absolute atomic E-state index is 0.00815. The molecular weight excluding hydrogens is 283 g/mol. The molecule has 2 aromatic rings. The summed E-state index contributed by atoms with van der Waals surface area (Å²) in [5.74, 6) is -1.33. The molecule has 0 aliphatic carbocycles. The number of benzene rings is 2. The van der Waals surface area contributed by atoms with Crippen LogP contribution in [0.25, 0.3) is 0 Å². The van der Waals surface area contributed by atoms with E-state index in [4.69, 9.17) is 0 Å². The molecule has 1 heterocycles. The first kappa shape index (κ1) is 13.4. The summed E-state index contributed by atoms with van der Waals surface area (Å²) in [5.41, 5.74) is 2.26. The molecule has 1 nitrogen and oxygen atoms in total. The van der Waals surface area contributed by atoms with Gasteiger partial charge in [-0.2, -0.15) is 11.8 Å². The molecular formula is C15H12F3NS. The minimum atomic E-state index is -1.17. The van der Waals surface area contributed by atoms with Gasteiger partial charge in [0, 0.05) is 23.6 Å². The Kier molecular flexibility index (Phi) is 3.61. The lowest BCUT2D eigenvalue weighted by atomic mass is 10.0. The van der Waals surface area contributed by atoms with Crippen molar-refractivity contribution in [2.75, 3.05) is 11.1 Å². The van der Waals surface area contributed by atoms with Gasteiger partial charge < -0.3 is 5.32 Å². The van der Waals surface area contributed by atoms with Crippen LogP contribution in [0.4, 0.5) is 18.9 Å². The van der Waals surface area contributed by atoms with Crippen LogP contribution in [0, 0.1) is 17.5 Å².